The highest BCUT2D eigenvalue weighted by Crippen LogP contribution is 2.21. The van der Waals surface area contributed by atoms with Crippen molar-refractivity contribution in [3.05, 3.63) is 109 Å². The minimum Gasteiger partial charge on any atom is -0.345 e. The third-order valence-electron chi connectivity index (χ3n) is 3.95. The Morgan fingerprint density at radius 1 is 0.324 bits per heavy atom. The van der Waals surface area contributed by atoms with E-state index in [1.54, 1.807) is 0 Å². The first-order valence-electron chi connectivity index (χ1n) is 13.1. The van der Waals surface area contributed by atoms with Crippen molar-refractivity contribution in [2.24, 2.45) is 0 Å². The van der Waals surface area contributed by atoms with Crippen molar-refractivity contribution < 1.29 is 0 Å². The Morgan fingerprint density at radius 2 is 0.529 bits per heavy atom. The second-order valence-electron chi connectivity index (χ2n) is 5.58. The third-order valence-corrected chi connectivity index (χ3v) is 3.95. The summed E-state index contributed by atoms with van der Waals surface area (Å²) in [6.07, 6.45) is 0. The maximum absolute atomic E-state index is 2.17. The summed E-state index contributed by atoms with van der Waals surface area (Å²) in [5, 5.41) is 2.62. The number of rotatable bonds is 2. The van der Waals surface area contributed by atoms with Crippen LogP contribution in [0.15, 0.2) is 109 Å². The Labute approximate surface area is 212 Å². The van der Waals surface area contributed by atoms with Gasteiger partial charge in [-0.3, -0.25) is 0 Å². The van der Waals surface area contributed by atoms with Gasteiger partial charge in [0.25, 0.3) is 0 Å². The second-order valence-corrected chi connectivity index (χ2v) is 5.58. The zero-order chi connectivity index (χ0) is 26.6. The van der Waals surface area contributed by atoms with Crippen molar-refractivity contribution in [3.8, 4) is 0 Å². The van der Waals surface area contributed by atoms with Crippen LogP contribution in [0, 0.1) is 0 Å². The SMILES string of the molecule is CC.CC.CC.CC.CC.CN(c1ccccc1)c1ccccc1.c1ccc2ccccc2c1. The van der Waals surface area contributed by atoms with E-state index in [0.29, 0.717) is 0 Å². The van der Waals surface area contributed by atoms with Gasteiger partial charge < -0.3 is 4.90 Å². The van der Waals surface area contributed by atoms with Crippen molar-refractivity contribution in [1.29, 1.82) is 0 Å². The van der Waals surface area contributed by atoms with Crippen LogP contribution in [0.2, 0.25) is 0 Å². The highest BCUT2D eigenvalue weighted by molar-refractivity contribution is 5.82. The average molecular weight is 462 g/mol. The lowest BCUT2D eigenvalue weighted by Gasteiger charge is -2.18. The molecular formula is C33H51N. The number of hydrogen-bond acceptors (Lipinski definition) is 1. The molecule has 0 amide bonds. The van der Waals surface area contributed by atoms with Gasteiger partial charge in [0, 0.05) is 18.4 Å². The molecule has 4 aromatic rings. The molecule has 0 aliphatic heterocycles. The first-order valence-corrected chi connectivity index (χ1v) is 13.1. The summed E-state index contributed by atoms with van der Waals surface area (Å²) in [7, 11) is 2.07. The van der Waals surface area contributed by atoms with Gasteiger partial charge in [0.15, 0.2) is 0 Å². The lowest BCUT2D eigenvalue weighted by molar-refractivity contribution is 1.21. The third kappa shape index (κ3) is 14.9. The van der Waals surface area contributed by atoms with Crippen molar-refractivity contribution in [2.75, 3.05) is 11.9 Å². The molecule has 0 fully saturated rings. The van der Waals surface area contributed by atoms with Crippen LogP contribution in [-0.4, -0.2) is 7.05 Å². The van der Waals surface area contributed by atoms with E-state index >= 15 is 0 Å². The van der Waals surface area contributed by atoms with Crippen molar-refractivity contribution in [1.82, 2.24) is 0 Å². The predicted molar refractivity (Wildman–Crippen MR) is 162 cm³/mol. The summed E-state index contributed by atoms with van der Waals surface area (Å²) in [4.78, 5) is 2.17. The highest BCUT2D eigenvalue weighted by atomic mass is 15.1. The largest absolute Gasteiger partial charge is 0.345 e. The van der Waals surface area contributed by atoms with Crippen molar-refractivity contribution in [2.45, 2.75) is 69.2 Å². The van der Waals surface area contributed by atoms with Gasteiger partial charge in [0.05, 0.1) is 0 Å². The fourth-order valence-corrected chi connectivity index (χ4v) is 2.59. The maximum Gasteiger partial charge on any atom is 0.0408 e. The van der Waals surface area contributed by atoms with E-state index in [0.717, 1.165) is 0 Å². The second kappa shape index (κ2) is 28.0. The molecular weight excluding hydrogens is 410 g/mol. The molecule has 188 valence electrons. The molecule has 34 heavy (non-hydrogen) atoms. The van der Waals surface area contributed by atoms with Crippen LogP contribution in [-0.2, 0) is 0 Å². The zero-order valence-corrected chi connectivity index (χ0v) is 23.8. The van der Waals surface area contributed by atoms with Gasteiger partial charge in [-0.2, -0.15) is 0 Å². The maximum atomic E-state index is 2.17. The molecule has 0 saturated heterocycles. The molecule has 1 heteroatoms. The Morgan fingerprint density at radius 3 is 0.765 bits per heavy atom. The number of hydrogen-bond donors (Lipinski definition) is 0. The molecule has 0 unspecified atom stereocenters. The normalized spacial score (nSPS) is 7.85. The Balaban J connectivity index is -0.000000423. The molecule has 0 aromatic heterocycles. The van der Waals surface area contributed by atoms with Crippen LogP contribution in [0.3, 0.4) is 0 Å². The van der Waals surface area contributed by atoms with Crippen molar-refractivity contribution in [3.63, 3.8) is 0 Å². The molecule has 0 bridgehead atoms. The van der Waals surface area contributed by atoms with E-state index in [4.69, 9.17) is 0 Å². The fourth-order valence-electron chi connectivity index (χ4n) is 2.59. The molecule has 0 radical (unpaired) electrons. The minimum absolute atomic E-state index is 1.21. The fraction of sp³-hybridized carbons (Fsp3) is 0.333. The highest BCUT2D eigenvalue weighted by Gasteiger charge is 2.00. The molecule has 0 atom stereocenters. The quantitative estimate of drug-likeness (QED) is 0.287. The summed E-state index contributed by atoms with van der Waals surface area (Å²) in [5.41, 5.74) is 2.41. The van der Waals surface area contributed by atoms with Gasteiger partial charge in [-0.1, -0.05) is 154 Å². The molecule has 4 aromatic carbocycles. The lowest BCUT2D eigenvalue weighted by Crippen LogP contribution is -2.08. The summed E-state index contributed by atoms with van der Waals surface area (Å²) >= 11 is 0. The van der Waals surface area contributed by atoms with E-state index < -0.39 is 0 Å². The van der Waals surface area contributed by atoms with Crippen molar-refractivity contribution >= 4 is 22.1 Å². The van der Waals surface area contributed by atoms with Gasteiger partial charge in [-0.05, 0) is 35.0 Å². The van der Waals surface area contributed by atoms with Gasteiger partial charge in [0.2, 0.25) is 0 Å². The summed E-state index contributed by atoms with van der Waals surface area (Å²) < 4.78 is 0. The molecule has 0 heterocycles. The summed E-state index contributed by atoms with van der Waals surface area (Å²) in [5.74, 6) is 0. The Bertz CT molecular complexity index is 765. The van der Waals surface area contributed by atoms with E-state index in [-0.39, 0.29) is 0 Å². The number of fused-ring (bicyclic) bond motifs is 1. The van der Waals surface area contributed by atoms with Crippen LogP contribution in [0.5, 0.6) is 0 Å². The number of benzene rings is 4. The Kier molecular flexibility index (Phi) is 29.2. The molecule has 0 aliphatic rings. The number of nitrogens with zero attached hydrogens (tertiary/aromatic N) is 1. The number of anilines is 2. The Hall–Kier alpha value is -3.06. The standard InChI is InChI=1S/C13H13N.C10H8.5C2H6/c1-14(12-8-4-2-5-9-12)13-10-6-3-7-11-13;1-2-6-10-8-4-3-7-9(10)5-1;5*1-2/h2-11H,1H3;1-8H;5*1-2H3. The lowest BCUT2D eigenvalue weighted by atomic mass is 10.1. The van der Waals surface area contributed by atoms with Crippen LogP contribution in [0.4, 0.5) is 11.4 Å². The minimum atomic E-state index is 1.21. The summed E-state index contributed by atoms with van der Waals surface area (Å²) in [6, 6.07) is 37.4. The molecule has 0 saturated carbocycles. The van der Waals surface area contributed by atoms with Gasteiger partial charge in [-0.25, -0.2) is 0 Å². The molecule has 1 nitrogen and oxygen atoms in total. The van der Waals surface area contributed by atoms with E-state index in [1.807, 2.05) is 81.4 Å². The van der Waals surface area contributed by atoms with Crippen LogP contribution in [0.1, 0.15) is 69.2 Å². The first kappa shape index (κ1) is 35.5. The zero-order valence-electron chi connectivity index (χ0n) is 23.8. The van der Waals surface area contributed by atoms with Gasteiger partial charge >= 0.3 is 0 Å². The van der Waals surface area contributed by atoms with E-state index in [2.05, 4.69) is 109 Å². The molecule has 4 rings (SSSR count). The topological polar surface area (TPSA) is 3.24 Å². The first-order chi connectivity index (χ1) is 16.8. The molecule has 0 spiro atoms. The van der Waals surface area contributed by atoms with Crippen LogP contribution in [0.25, 0.3) is 10.8 Å². The predicted octanol–water partition coefficient (Wildman–Crippen LogP) is 11.4. The molecule has 0 N–H and O–H groups in total. The van der Waals surface area contributed by atoms with E-state index in [1.165, 1.54) is 22.1 Å². The molecule has 0 aliphatic carbocycles. The number of para-hydroxylation sites is 2. The smallest absolute Gasteiger partial charge is 0.0408 e. The van der Waals surface area contributed by atoms with Gasteiger partial charge in [-0.15, -0.1) is 0 Å². The average Bonchev–Trinajstić information content (AvgIpc) is 2.99. The van der Waals surface area contributed by atoms with E-state index in [9.17, 15) is 0 Å². The van der Waals surface area contributed by atoms with Crippen LogP contribution >= 0.6 is 0 Å². The van der Waals surface area contributed by atoms with Gasteiger partial charge in [0.1, 0.15) is 0 Å². The monoisotopic (exact) mass is 461 g/mol. The summed E-state index contributed by atoms with van der Waals surface area (Å²) in [6.45, 7) is 20.0. The van der Waals surface area contributed by atoms with Crippen LogP contribution < -0.4 is 4.90 Å².